The molecule has 49 heavy (non-hydrogen) atoms. The van der Waals surface area contributed by atoms with Crippen molar-refractivity contribution < 1.29 is 4.42 Å². The highest BCUT2D eigenvalue weighted by atomic mass is 32.1. The highest BCUT2D eigenvalue weighted by molar-refractivity contribution is 7.26. The maximum Gasteiger partial charge on any atom is 0.235 e. The van der Waals surface area contributed by atoms with Gasteiger partial charge in [-0.15, -0.1) is 11.3 Å². The van der Waals surface area contributed by atoms with Gasteiger partial charge in [-0.05, 0) is 35.9 Å². The maximum atomic E-state index is 6.50. The number of aromatic nitrogens is 3. The lowest BCUT2D eigenvalue weighted by Gasteiger charge is -2.12. The summed E-state index contributed by atoms with van der Waals surface area (Å²) in [6.07, 6.45) is 0. The third kappa shape index (κ3) is 3.85. The number of furan rings is 1. The van der Waals surface area contributed by atoms with E-state index in [-0.39, 0.29) is 0 Å². The van der Waals surface area contributed by atoms with Crippen molar-refractivity contribution in [1.29, 1.82) is 0 Å². The Morgan fingerprint density at radius 2 is 1.27 bits per heavy atom. The molecule has 0 unspecified atom stereocenters. The summed E-state index contributed by atoms with van der Waals surface area (Å²) in [6, 6.07) is 53.4. The van der Waals surface area contributed by atoms with Crippen LogP contribution in [0.1, 0.15) is 0 Å². The third-order valence-electron chi connectivity index (χ3n) is 9.83. The molecular weight excluding hydrogens is 619 g/mol. The summed E-state index contributed by atoms with van der Waals surface area (Å²) in [5.74, 6) is 0.650. The highest BCUT2D eigenvalue weighted by Gasteiger charge is 2.22. The van der Waals surface area contributed by atoms with Gasteiger partial charge in [-0.25, -0.2) is 9.97 Å². The van der Waals surface area contributed by atoms with E-state index in [1.807, 2.05) is 35.6 Å². The summed E-state index contributed by atoms with van der Waals surface area (Å²) >= 11 is 1.85. The summed E-state index contributed by atoms with van der Waals surface area (Å²) in [5, 5.41) is 8.22. The van der Waals surface area contributed by atoms with Crippen LogP contribution in [0.4, 0.5) is 0 Å². The Labute approximate surface area is 284 Å². The van der Waals surface area contributed by atoms with E-state index in [4.69, 9.17) is 14.4 Å². The van der Waals surface area contributed by atoms with E-state index >= 15 is 0 Å². The second-order valence-corrected chi connectivity index (χ2v) is 13.6. The van der Waals surface area contributed by atoms with Crippen LogP contribution >= 0.6 is 11.3 Å². The topological polar surface area (TPSA) is 43.9 Å². The molecule has 0 aliphatic carbocycles. The van der Waals surface area contributed by atoms with Crippen LogP contribution in [0.2, 0.25) is 0 Å². The Hall–Kier alpha value is -6.30. The lowest BCUT2D eigenvalue weighted by atomic mass is 10.0. The van der Waals surface area contributed by atoms with E-state index in [0.29, 0.717) is 5.95 Å². The molecule has 0 amide bonds. The molecule has 0 bridgehead atoms. The number of fused-ring (bicyclic) bond motifs is 11. The zero-order chi connectivity index (χ0) is 32.1. The third-order valence-corrected chi connectivity index (χ3v) is 11.0. The van der Waals surface area contributed by atoms with Gasteiger partial charge in [0.25, 0.3) is 0 Å². The van der Waals surface area contributed by atoms with Crippen LogP contribution in [0.25, 0.3) is 103 Å². The van der Waals surface area contributed by atoms with Crippen LogP contribution in [0, 0.1) is 0 Å². The van der Waals surface area contributed by atoms with Crippen LogP contribution in [0.15, 0.2) is 156 Å². The minimum absolute atomic E-state index is 0.650. The predicted molar refractivity (Wildman–Crippen MR) is 205 cm³/mol. The maximum absolute atomic E-state index is 6.50. The summed E-state index contributed by atoms with van der Waals surface area (Å²) in [5.41, 5.74) is 8.96. The summed E-state index contributed by atoms with van der Waals surface area (Å²) in [7, 11) is 0. The smallest absolute Gasteiger partial charge is 0.235 e. The summed E-state index contributed by atoms with van der Waals surface area (Å²) in [4.78, 5) is 10.6. The lowest BCUT2D eigenvalue weighted by molar-refractivity contribution is 0.670. The molecule has 4 heterocycles. The molecule has 0 aliphatic heterocycles. The molecule has 7 aromatic carbocycles. The second kappa shape index (κ2) is 10.1. The molecule has 0 N–H and O–H groups in total. The van der Waals surface area contributed by atoms with Crippen molar-refractivity contribution in [1.82, 2.24) is 14.5 Å². The van der Waals surface area contributed by atoms with Gasteiger partial charge in [0.05, 0.1) is 22.2 Å². The summed E-state index contributed by atoms with van der Waals surface area (Å²) < 4.78 is 11.3. The normalized spacial score (nSPS) is 12.1. The number of rotatable bonds is 3. The van der Waals surface area contributed by atoms with Crippen molar-refractivity contribution in [3.8, 4) is 28.3 Å². The molecule has 0 spiro atoms. The average Bonchev–Trinajstić information content (AvgIpc) is 3.84. The molecule has 4 aromatic heterocycles. The lowest BCUT2D eigenvalue weighted by Crippen LogP contribution is -2.03. The minimum atomic E-state index is 0.650. The van der Waals surface area contributed by atoms with Gasteiger partial charge in [-0.3, -0.25) is 4.57 Å². The number of benzene rings is 7. The molecule has 11 rings (SSSR count). The number of nitrogens with zero attached hydrogens (tertiary/aromatic N) is 3. The number of para-hydroxylation sites is 3. The van der Waals surface area contributed by atoms with Gasteiger partial charge in [0.15, 0.2) is 0 Å². The SMILES string of the molecule is c1ccc(-c2nc(-n3c4cc(-c5cccc6c5oc5ccccc56)ccc4c4c5sc6ccccc6c5ccc43)nc3ccccc23)cc1. The molecule has 4 nitrogen and oxygen atoms in total. The van der Waals surface area contributed by atoms with Crippen molar-refractivity contribution in [3.05, 3.63) is 152 Å². The van der Waals surface area contributed by atoms with Crippen molar-refractivity contribution in [2.24, 2.45) is 0 Å². The van der Waals surface area contributed by atoms with Crippen LogP contribution in [-0.2, 0) is 0 Å². The number of thiophene rings is 1. The minimum Gasteiger partial charge on any atom is -0.455 e. The van der Waals surface area contributed by atoms with Crippen LogP contribution < -0.4 is 0 Å². The predicted octanol–water partition coefficient (Wildman–Crippen LogP) is 12.3. The van der Waals surface area contributed by atoms with Gasteiger partial charge < -0.3 is 4.42 Å². The fourth-order valence-electron chi connectivity index (χ4n) is 7.62. The van der Waals surface area contributed by atoms with Crippen molar-refractivity contribution >= 4 is 86.2 Å². The van der Waals surface area contributed by atoms with E-state index in [2.05, 4.69) is 132 Å². The Kier molecular flexibility index (Phi) is 5.51. The summed E-state index contributed by atoms with van der Waals surface area (Å²) in [6.45, 7) is 0. The van der Waals surface area contributed by atoms with Gasteiger partial charge >= 0.3 is 0 Å². The van der Waals surface area contributed by atoms with Crippen molar-refractivity contribution in [3.63, 3.8) is 0 Å². The van der Waals surface area contributed by atoms with E-state index in [0.717, 1.165) is 66.3 Å². The first-order valence-corrected chi connectivity index (χ1v) is 17.2. The number of hydrogen-bond donors (Lipinski definition) is 0. The first kappa shape index (κ1) is 26.7. The van der Waals surface area contributed by atoms with Gasteiger partial charge in [0, 0.05) is 58.2 Å². The Morgan fingerprint density at radius 3 is 2.18 bits per heavy atom. The number of hydrogen-bond acceptors (Lipinski definition) is 4. The fraction of sp³-hybridized carbons (Fsp3) is 0. The van der Waals surface area contributed by atoms with Gasteiger partial charge in [-0.1, -0.05) is 121 Å². The highest BCUT2D eigenvalue weighted by Crippen LogP contribution is 2.45. The molecule has 0 fully saturated rings. The Morgan fingerprint density at radius 1 is 0.510 bits per heavy atom. The van der Waals surface area contributed by atoms with E-state index < -0.39 is 0 Å². The van der Waals surface area contributed by atoms with Gasteiger partial charge in [0.2, 0.25) is 5.95 Å². The van der Waals surface area contributed by atoms with Gasteiger partial charge in [0.1, 0.15) is 11.2 Å². The zero-order valence-corrected chi connectivity index (χ0v) is 26.9. The van der Waals surface area contributed by atoms with E-state index in [9.17, 15) is 0 Å². The molecule has 0 aliphatic rings. The van der Waals surface area contributed by atoms with Crippen molar-refractivity contribution in [2.75, 3.05) is 0 Å². The van der Waals surface area contributed by atoms with E-state index in [1.54, 1.807) is 0 Å². The first-order valence-electron chi connectivity index (χ1n) is 16.4. The quantitative estimate of drug-likeness (QED) is 0.192. The molecule has 0 radical (unpaired) electrons. The van der Waals surface area contributed by atoms with Crippen LogP contribution in [0.5, 0.6) is 0 Å². The largest absolute Gasteiger partial charge is 0.455 e. The Balaban J connectivity index is 1.27. The first-order chi connectivity index (χ1) is 24.3. The van der Waals surface area contributed by atoms with Crippen LogP contribution in [0.3, 0.4) is 0 Å². The standard InChI is InChI=1S/C44H25N3OS/c1-2-11-26(12-3-1)41-33-15-4-7-18-35(33)45-44(46-41)47-36-24-23-32-30-14-6-9-20-39(30)49-43(32)40(36)34-22-21-27(25-37(34)47)28-16-10-17-31-29-13-5-8-19-38(29)48-42(28)31/h1-25H. The fourth-order valence-corrected chi connectivity index (χ4v) is 8.88. The monoisotopic (exact) mass is 643 g/mol. The zero-order valence-electron chi connectivity index (χ0n) is 26.1. The van der Waals surface area contributed by atoms with Crippen molar-refractivity contribution in [2.45, 2.75) is 0 Å². The molecule has 11 aromatic rings. The molecule has 5 heteroatoms. The van der Waals surface area contributed by atoms with Crippen LogP contribution in [-0.4, -0.2) is 14.5 Å². The Bertz CT molecular complexity index is 3110. The van der Waals surface area contributed by atoms with E-state index in [1.165, 1.54) is 30.9 Å². The molecule has 228 valence electrons. The molecule has 0 saturated carbocycles. The molecule has 0 saturated heterocycles. The average molecular weight is 644 g/mol. The second-order valence-electron chi connectivity index (χ2n) is 12.5. The van der Waals surface area contributed by atoms with Gasteiger partial charge in [-0.2, -0.15) is 0 Å². The molecule has 0 atom stereocenters. The molecular formula is C44H25N3OS.